The minimum absolute atomic E-state index is 0.160. The van der Waals surface area contributed by atoms with Gasteiger partial charge < -0.3 is 9.47 Å². The molecule has 0 aromatic rings. The van der Waals surface area contributed by atoms with Crippen LogP contribution in [0, 0.1) is 41.4 Å². The molecule has 0 amide bonds. The summed E-state index contributed by atoms with van der Waals surface area (Å²) in [5, 5.41) is 0. The second-order valence-corrected chi connectivity index (χ2v) is 13.2. The van der Waals surface area contributed by atoms with E-state index in [9.17, 15) is 17.6 Å². The van der Waals surface area contributed by atoms with Crippen molar-refractivity contribution < 1.29 is 27.0 Å². The Morgan fingerprint density at radius 1 is 0.658 bits per heavy atom. The Balaban J connectivity index is 1.07. The molecule has 0 spiro atoms. The second-order valence-electron chi connectivity index (χ2n) is 13.2. The van der Waals surface area contributed by atoms with Crippen molar-refractivity contribution in [3.8, 4) is 0 Å². The monoisotopic (exact) mass is 544 g/mol. The quantitative estimate of drug-likeness (QED) is 0.201. The van der Waals surface area contributed by atoms with Crippen LogP contribution in [-0.2, 0) is 9.47 Å². The smallest absolute Gasteiger partial charge is 0.352 e. The third kappa shape index (κ3) is 9.49. The summed E-state index contributed by atoms with van der Waals surface area (Å²) >= 11 is 0. The van der Waals surface area contributed by atoms with Crippen molar-refractivity contribution in [2.45, 2.75) is 135 Å². The maximum atomic E-state index is 13.9. The molecule has 0 N–H and O–H groups in total. The van der Waals surface area contributed by atoms with E-state index in [1.54, 1.807) is 0 Å². The highest BCUT2D eigenvalue weighted by molar-refractivity contribution is 5.03. The molecule has 4 rings (SSSR count). The highest BCUT2D eigenvalue weighted by atomic mass is 19.4. The van der Waals surface area contributed by atoms with Gasteiger partial charge in [0.1, 0.15) is 5.83 Å². The summed E-state index contributed by atoms with van der Waals surface area (Å²) in [7, 11) is 0. The molecule has 2 nitrogen and oxygen atoms in total. The van der Waals surface area contributed by atoms with E-state index < -0.39 is 17.9 Å². The second kappa shape index (κ2) is 14.8. The predicted molar refractivity (Wildman–Crippen MR) is 144 cm³/mol. The van der Waals surface area contributed by atoms with E-state index in [-0.39, 0.29) is 18.3 Å². The maximum Gasteiger partial charge on any atom is 0.412 e. The van der Waals surface area contributed by atoms with E-state index in [4.69, 9.17) is 9.47 Å². The molecule has 220 valence electrons. The number of alkyl halides is 3. The molecule has 0 aromatic heterocycles. The van der Waals surface area contributed by atoms with Gasteiger partial charge in [0, 0.05) is 17.8 Å². The van der Waals surface area contributed by atoms with Gasteiger partial charge in [0.25, 0.3) is 0 Å². The normalized spacial score (nSPS) is 37.8. The summed E-state index contributed by atoms with van der Waals surface area (Å²) in [6.07, 6.45) is 16.7. The van der Waals surface area contributed by atoms with Crippen LogP contribution in [0.25, 0.3) is 0 Å². The number of halogens is 4. The van der Waals surface area contributed by atoms with Gasteiger partial charge in [-0.2, -0.15) is 13.2 Å². The molecule has 1 saturated heterocycles. The highest BCUT2D eigenvalue weighted by Crippen LogP contribution is 2.42. The van der Waals surface area contributed by atoms with Crippen molar-refractivity contribution in [1.29, 1.82) is 0 Å². The molecule has 0 bridgehead atoms. The fourth-order valence-electron chi connectivity index (χ4n) is 7.93. The van der Waals surface area contributed by atoms with Crippen LogP contribution in [0.3, 0.4) is 0 Å². The molecule has 1 heterocycles. The lowest BCUT2D eigenvalue weighted by atomic mass is 9.72. The zero-order chi connectivity index (χ0) is 27.0. The molecule has 1 aliphatic heterocycles. The number of unbranched alkanes of at least 4 members (excludes halogenated alkanes) is 2. The topological polar surface area (TPSA) is 18.5 Å². The van der Waals surface area contributed by atoms with Crippen LogP contribution in [0.1, 0.15) is 122 Å². The van der Waals surface area contributed by atoms with Crippen LogP contribution in [0.2, 0.25) is 0 Å². The number of hydrogen-bond donors (Lipinski definition) is 0. The Labute approximate surface area is 228 Å². The molecular formula is C32H52F4O2. The molecule has 4 fully saturated rings. The molecule has 3 saturated carbocycles. The van der Waals surface area contributed by atoms with Gasteiger partial charge in [0.05, 0.1) is 19.3 Å². The predicted octanol–water partition coefficient (Wildman–Crippen LogP) is 10.2. The number of ether oxygens (including phenoxy) is 2. The molecule has 38 heavy (non-hydrogen) atoms. The molecule has 0 unspecified atom stereocenters. The van der Waals surface area contributed by atoms with Crippen LogP contribution in [0.15, 0.2) is 11.9 Å². The van der Waals surface area contributed by atoms with Gasteiger partial charge in [-0.1, -0.05) is 84.0 Å². The Morgan fingerprint density at radius 2 is 1.16 bits per heavy atom. The third-order valence-electron chi connectivity index (χ3n) is 10.5. The SMILES string of the molecule is CCCCCC1CCC(CCC2CCC(C3COC(C4CCC(/C(F)=C/C(F)(F)F)CC4)OC3)CC2)CC1. The fourth-order valence-corrected chi connectivity index (χ4v) is 7.93. The lowest BCUT2D eigenvalue weighted by Gasteiger charge is -2.41. The summed E-state index contributed by atoms with van der Waals surface area (Å²) in [6, 6.07) is 0. The van der Waals surface area contributed by atoms with E-state index in [2.05, 4.69) is 6.92 Å². The maximum absolute atomic E-state index is 13.9. The Bertz CT molecular complexity index is 691. The van der Waals surface area contributed by atoms with Gasteiger partial charge in [-0.25, -0.2) is 4.39 Å². The summed E-state index contributed by atoms with van der Waals surface area (Å²) in [5.41, 5.74) is 0. The summed E-state index contributed by atoms with van der Waals surface area (Å²) < 4.78 is 63.6. The number of rotatable bonds is 10. The molecule has 6 heteroatoms. The first-order valence-electron chi connectivity index (χ1n) is 16.0. The molecule has 0 atom stereocenters. The van der Waals surface area contributed by atoms with Gasteiger partial charge in [0.15, 0.2) is 6.29 Å². The minimum Gasteiger partial charge on any atom is -0.352 e. The van der Waals surface area contributed by atoms with Gasteiger partial charge in [-0.05, 0) is 62.2 Å². The van der Waals surface area contributed by atoms with E-state index in [0.717, 1.165) is 31.0 Å². The molecule has 0 radical (unpaired) electrons. The van der Waals surface area contributed by atoms with Crippen LogP contribution >= 0.6 is 0 Å². The van der Waals surface area contributed by atoms with Crippen molar-refractivity contribution in [3.63, 3.8) is 0 Å². The van der Waals surface area contributed by atoms with Crippen LogP contribution < -0.4 is 0 Å². The minimum atomic E-state index is -4.59. The zero-order valence-corrected chi connectivity index (χ0v) is 23.7. The molecule has 3 aliphatic carbocycles. The Hall–Kier alpha value is -0.620. The fraction of sp³-hybridized carbons (Fsp3) is 0.938. The van der Waals surface area contributed by atoms with Crippen molar-refractivity contribution >= 4 is 0 Å². The van der Waals surface area contributed by atoms with Crippen LogP contribution in [0.4, 0.5) is 17.6 Å². The van der Waals surface area contributed by atoms with Crippen molar-refractivity contribution in [2.24, 2.45) is 41.4 Å². The van der Waals surface area contributed by atoms with Crippen molar-refractivity contribution in [3.05, 3.63) is 11.9 Å². The third-order valence-corrected chi connectivity index (χ3v) is 10.5. The van der Waals surface area contributed by atoms with Crippen LogP contribution in [-0.4, -0.2) is 25.7 Å². The van der Waals surface area contributed by atoms with Crippen molar-refractivity contribution in [1.82, 2.24) is 0 Å². The van der Waals surface area contributed by atoms with E-state index in [0.29, 0.717) is 37.5 Å². The lowest BCUT2D eigenvalue weighted by molar-refractivity contribution is -0.237. The molecule has 0 aromatic carbocycles. The first kappa shape index (κ1) is 30.3. The van der Waals surface area contributed by atoms with E-state index >= 15 is 0 Å². The first-order chi connectivity index (χ1) is 18.3. The first-order valence-corrected chi connectivity index (χ1v) is 16.0. The van der Waals surface area contributed by atoms with Gasteiger partial charge in [-0.3, -0.25) is 0 Å². The Kier molecular flexibility index (Phi) is 11.9. The summed E-state index contributed by atoms with van der Waals surface area (Å²) in [4.78, 5) is 0. The number of allylic oxidation sites excluding steroid dienone is 2. The summed E-state index contributed by atoms with van der Waals surface area (Å²) in [6.45, 7) is 3.75. The average Bonchev–Trinajstić information content (AvgIpc) is 2.92. The largest absolute Gasteiger partial charge is 0.412 e. The standard InChI is InChI=1S/C32H52F4O2/c1-2-3-4-5-23-6-8-24(9-7-23)10-11-25-12-14-26(15-13-25)29-21-37-31(38-22-29)28-18-16-27(17-19-28)30(33)20-32(34,35)36/h20,23-29,31H,2-19,21-22H2,1H3/b30-20-. The lowest BCUT2D eigenvalue weighted by Crippen LogP contribution is -2.41. The van der Waals surface area contributed by atoms with Gasteiger partial charge in [0.2, 0.25) is 0 Å². The van der Waals surface area contributed by atoms with Gasteiger partial charge >= 0.3 is 6.18 Å². The van der Waals surface area contributed by atoms with E-state index in [1.165, 1.54) is 89.9 Å². The zero-order valence-electron chi connectivity index (χ0n) is 23.7. The molecular weight excluding hydrogens is 492 g/mol. The number of hydrogen-bond acceptors (Lipinski definition) is 2. The average molecular weight is 545 g/mol. The van der Waals surface area contributed by atoms with Gasteiger partial charge in [-0.15, -0.1) is 0 Å². The van der Waals surface area contributed by atoms with Crippen molar-refractivity contribution in [2.75, 3.05) is 13.2 Å². The Morgan fingerprint density at radius 3 is 1.68 bits per heavy atom. The summed E-state index contributed by atoms with van der Waals surface area (Å²) in [5.74, 6) is 2.53. The molecule has 4 aliphatic rings. The van der Waals surface area contributed by atoms with E-state index in [1.807, 2.05) is 0 Å². The van der Waals surface area contributed by atoms with Crippen LogP contribution in [0.5, 0.6) is 0 Å². The highest BCUT2D eigenvalue weighted by Gasteiger charge is 2.37.